The Balaban J connectivity index is 1.16. The number of aliphatic imine (C=N–C) groups is 1. The van der Waals surface area contributed by atoms with Crippen LogP contribution in [0.25, 0.3) is 0 Å². The van der Waals surface area contributed by atoms with E-state index in [0.29, 0.717) is 17.2 Å². The van der Waals surface area contributed by atoms with Gasteiger partial charge in [-0.05, 0) is 58.1 Å². The summed E-state index contributed by atoms with van der Waals surface area (Å²) in [5, 5.41) is 22.1. The Morgan fingerprint density at radius 3 is 2.42 bits per heavy atom. The molecule has 312 valence electrons. The number of aliphatic carboxylic acids is 1. The molecule has 1 fully saturated rings. The van der Waals surface area contributed by atoms with Crippen molar-refractivity contribution in [2.45, 2.75) is 58.6 Å². The van der Waals surface area contributed by atoms with Crippen molar-refractivity contribution in [1.29, 1.82) is 0 Å². The lowest BCUT2D eigenvalue weighted by Gasteiger charge is -2.49. The summed E-state index contributed by atoms with van der Waals surface area (Å²) in [5.41, 5.74) is 8.84. The monoisotopic (exact) mass is 879 g/mol. The van der Waals surface area contributed by atoms with Gasteiger partial charge in [-0.2, -0.15) is 4.99 Å². The maximum absolute atomic E-state index is 13.8. The molecule has 60 heavy (non-hydrogen) atoms. The molecule has 2 aromatic rings. The number of thioether (sulfide) groups is 1. The predicted octanol–water partition coefficient (Wildman–Crippen LogP) is 1.64. The lowest BCUT2D eigenvalue weighted by atomic mass is 10.0. The standard InChI is InChI=1S/C36H34N10O11S3/c1-15-9-10-46(24(38-15)11-16(2)43-46)32(58)20-13-59-31-26(30(51)45(31)27(20)33(52)53)40-29(50)25(21-14-60-35(37)39-21)44-57-36(5,6)34(54)42-41-28(49)19-7-8-22(55-17(3)47)23(12-19)56-18(4)48/h7-12,14,26,31H,13H2,1-6H3,(H5-,37,39,40,41,42,44,49,50,52,53,54)/p+1/t26?,31-,46?/m0/s1. The van der Waals surface area contributed by atoms with Gasteiger partial charge in [0.1, 0.15) is 34.7 Å². The maximum Gasteiger partial charge on any atom is 0.353 e. The number of anilines is 1. The number of rotatable bonds is 11. The summed E-state index contributed by atoms with van der Waals surface area (Å²) in [6, 6.07) is 2.36. The van der Waals surface area contributed by atoms with Gasteiger partial charge in [0.15, 0.2) is 22.3 Å². The van der Waals surface area contributed by atoms with Gasteiger partial charge in [0.05, 0.1) is 11.6 Å². The molecule has 1 aromatic carbocycles. The number of thiazole rings is 1. The van der Waals surface area contributed by atoms with E-state index >= 15 is 0 Å². The van der Waals surface area contributed by atoms with Crippen LogP contribution in [0, 0.1) is 0 Å². The first-order valence-electron chi connectivity index (χ1n) is 17.5. The summed E-state index contributed by atoms with van der Waals surface area (Å²) >= 11 is 8.00. The molecule has 1 saturated heterocycles. The third kappa shape index (κ3) is 8.43. The number of carboxylic acids is 1. The van der Waals surface area contributed by atoms with Crippen LogP contribution in [0.4, 0.5) is 5.13 Å². The van der Waals surface area contributed by atoms with Crippen molar-refractivity contribution >= 4 is 104 Å². The van der Waals surface area contributed by atoms with Gasteiger partial charge in [-0.15, -0.1) is 23.1 Å². The van der Waals surface area contributed by atoms with Crippen molar-refractivity contribution in [3.8, 4) is 11.5 Å². The SMILES string of the molecule is CC(=O)Oc1ccc(C(=O)NNC(=O)C(C)(C)ON=C(C(=O)NC2C(=O)N3C(C(=O)O)=C(C(=S)[N+]45C=CC(C)=NC4=CC(C)=N5)CS[C@@H]23)c2csc(N)n2)cc1OC(C)=O. The highest BCUT2D eigenvalue weighted by Gasteiger charge is 2.57. The smallest absolute Gasteiger partial charge is 0.353 e. The number of nitrogens with zero attached hydrogens (tertiary/aromatic N) is 6. The number of β-lactam (4-membered cyclic amide) rings is 1. The van der Waals surface area contributed by atoms with E-state index in [4.69, 9.17) is 32.3 Å². The number of nitrogens with two attached hydrogens (primary N) is 1. The molecule has 0 bridgehead atoms. The van der Waals surface area contributed by atoms with Crippen LogP contribution in [-0.4, -0.2) is 106 Å². The van der Waals surface area contributed by atoms with Crippen LogP contribution in [0.2, 0.25) is 0 Å². The van der Waals surface area contributed by atoms with Crippen molar-refractivity contribution in [1.82, 2.24) is 26.1 Å². The number of amides is 4. The number of ether oxygens (including phenoxy) is 2. The van der Waals surface area contributed by atoms with Crippen LogP contribution in [0.5, 0.6) is 11.5 Å². The second kappa shape index (κ2) is 16.6. The number of esters is 2. The molecule has 6 rings (SSSR count). The number of carboxylic acid groups (broad SMARTS) is 1. The van der Waals surface area contributed by atoms with Gasteiger partial charge in [0.25, 0.3) is 29.4 Å². The van der Waals surface area contributed by atoms with Crippen molar-refractivity contribution in [2.24, 2.45) is 15.2 Å². The zero-order chi connectivity index (χ0) is 43.8. The van der Waals surface area contributed by atoms with E-state index in [-0.39, 0.29) is 54.5 Å². The molecule has 0 aliphatic carbocycles. The first-order valence-corrected chi connectivity index (χ1v) is 19.8. The lowest BCUT2D eigenvalue weighted by Crippen LogP contribution is -2.71. The summed E-state index contributed by atoms with van der Waals surface area (Å²) in [6.07, 6.45) is 5.16. The number of hydrogen-bond acceptors (Lipinski definition) is 18. The van der Waals surface area contributed by atoms with E-state index in [2.05, 4.69) is 36.4 Å². The zero-order valence-electron chi connectivity index (χ0n) is 32.4. The van der Waals surface area contributed by atoms with Crippen LogP contribution in [0.1, 0.15) is 57.6 Å². The van der Waals surface area contributed by atoms with Crippen LogP contribution in [0.15, 0.2) is 74.3 Å². The van der Waals surface area contributed by atoms with Gasteiger partial charge in [-0.3, -0.25) is 44.5 Å². The summed E-state index contributed by atoms with van der Waals surface area (Å²) in [6.45, 7) is 8.35. The third-order valence-electron chi connectivity index (χ3n) is 8.74. The van der Waals surface area contributed by atoms with Crippen molar-refractivity contribution in [2.75, 3.05) is 11.5 Å². The molecule has 0 saturated carbocycles. The molecule has 0 spiro atoms. The number of oxime groups is 1. The molecule has 5 heterocycles. The minimum absolute atomic E-state index is 0.0547. The van der Waals surface area contributed by atoms with Gasteiger partial charge in [0, 0.05) is 42.3 Å². The van der Waals surface area contributed by atoms with E-state index < -0.39 is 64.3 Å². The second-order valence-corrected chi connectivity index (χ2v) is 16.0. The number of fused-ring (bicyclic) bond motifs is 2. The molecular weight excluding hydrogens is 845 g/mol. The Kier molecular flexibility index (Phi) is 11.9. The largest absolute Gasteiger partial charge is 0.477 e. The summed E-state index contributed by atoms with van der Waals surface area (Å²) in [4.78, 5) is 105. The molecular formula is C36H35N10O11S3+. The molecule has 4 aliphatic rings. The molecule has 0 radical (unpaired) electrons. The van der Waals surface area contributed by atoms with Crippen molar-refractivity contribution in [3.63, 3.8) is 0 Å². The number of nitrogens with one attached hydrogen (secondary N) is 3. The highest BCUT2D eigenvalue weighted by molar-refractivity contribution is 8.00. The van der Waals surface area contributed by atoms with Gasteiger partial charge < -0.3 is 30.5 Å². The Bertz CT molecular complexity index is 2490. The second-order valence-electron chi connectivity index (χ2n) is 13.7. The number of thiocarbonyl (C=S) groups is 1. The van der Waals surface area contributed by atoms with Gasteiger partial charge in [-0.1, -0.05) is 14.8 Å². The number of quaternary nitrogens is 1. The number of hydrazine groups is 1. The Morgan fingerprint density at radius 2 is 1.77 bits per heavy atom. The highest BCUT2D eigenvalue weighted by Crippen LogP contribution is 2.44. The molecule has 6 N–H and O–H groups in total. The van der Waals surface area contributed by atoms with Crippen LogP contribution in [-0.2, 0) is 33.6 Å². The number of benzene rings is 1. The fourth-order valence-corrected chi connectivity index (χ4v) is 8.29. The Morgan fingerprint density at radius 1 is 1.07 bits per heavy atom. The average Bonchev–Trinajstić information content (AvgIpc) is 3.76. The van der Waals surface area contributed by atoms with Crippen LogP contribution in [0.3, 0.4) is 0 Å². The van der Waals surface area contributed by atoms with Crippen LogP contribution >= 0.6 is 35.3 Å². The van der Waals surface area contributed by atoms with Gasteiger partial charge >= 0.3 is 17.9 Å². The molecule has 4 amide bonds. The third-order valence-corrected chi connectivity index (χ3v) is 11.2. The minimum Gasteiger partial charge on any atom is -0.477 e. The fraction of sp³-hybridized carbons (Fsp3) is 0.278. The number of hydrogen-bond donors (Lipinski definition) is 5. The fourth-order valence-electron chi connectivity index (χ4n) is 5.94. The first kappa shape index (κ1) is 43.0. The number of aromatic nitrogens is 1. The quantitative estimate of drug-likeness (QED) is 0.0408. The number of carbonyl (C=O) groups is 7. The van der Waals surface area contributed by atoms with Crippen LogP contribution < -0.4 is 31.4 Å². The van der Waals surface area contributed by atoms with E-state index in [1.165, 1.54) is 43.1 Å². The van der Waals surface area contributed by atoms with E-state index in [1.54, 1.807) is 32.2 Å². The highest BCUT2D eigenvalue weighted by atomic mass is 32.2. The van der Waals surface area contributed by atoms with E-state index in [0.717, 1.165) is 36.2 Å². The molecule has 21 nitrogen and oxygen atoms in total. The minimum atomic E-state index is -1.87. The molecule has 1 aromatic heterocycles. The number of carbonyl (C=O) groups excluding carboxylic acids is 6. The maximum atomic E-state index is 13.8. The summed E-state index contributed by atoms with van der Waals surface area (Å²) in [7, 11) is 0. The lowest BCUT2D eigenvalue weighted by molar-refractivity contribution is -0.748. The number of allylic oxidation sites excluding steroid dienone is 2. The zero-order valence-corrected chi connectivity index (χ0v) is 34.9. The molecule has 2 unspecified atom stereocenters. The number of nitrogen functional groups attached to an aromatic ring is 1. The molecule has 4 aliphatic heterocycles. The molecule has 3 atom stereocenters. The van der Waals surface area contributed by atoms with Gasteiger partial charge in [0.2, 0.25) is 10.6 Å². The average molecular weight is 880 g/mol. The summed E-state index contributed by atoms with van der Waals surface area (Å²) < 4.78 is 9.67. The normalized spacial score (nSPS) is 20.6. The topological polar surface area (TPSA) is 283 Å². The molecule has 24 heteroatoms. The van der Waals surface area contributed by atoms with Crippen molar-refractivity contribution < 1.29 is 57.6 Å². The van der Waals surface area contributed by atoms with Gasteiger partial charge in [-0.25, -0.2) is 9.78 Å². The first-order chi connectivity index (χ1) is 28.2. The Hall–Kier alpha value is -6.63. The van der Waals surface area contributed by atoms with Crippen molar-refractivity contribution in [3.05, 3.63) is 70.3 Å². The van der Waals surface area contributed by atoms with E-state index in [9.17, 15) is 38.7 Å². The summed E-state index contributed by atoms with van der Waals surface area (Å²) in [5.74, 6) is -6.19. The predicted molar refractivity (Wildman–Crippen MR) is 219 cm³/mol. The van der Waals surface area contributed by atoms with E-state index in [1.807, 2.05) is 0 Å². The Labute approximate surface area is 353 Å².